The largest absolute Gasteiger partial charge is 0.396 e. The number of hydrogen-bond acceptors (Lipinski definition) is 6. The molecule has 0 atom stereocenters. The SMILES string of the molecule is O=[N+]([O-])C(=C1NCCN1)C(SCCO)=C(Cl)Cl. The number of hydrogen-bond donors (Lipinski definition) is 3. The summed E-state index contributed by atoms with van der Waals surface area (Å²) in [6.45, 7) is 1.09. The highest BCUT2D eigenvalue weighted by atomic mass is 35.5. The van der Waals surface area contributed by atoms with Crippen molar-refractivity contribution in [3.63, 3.8) is 0 Å². The first-order valence-electron chi connectivity index (χ1n) is 4.73. The Hall–Kier alpha value is -0.630. The summed E-state index contributed by atoms with van der Waals surface area (Å²) in [4.78, 5) is 10.6. The average molecular weight is 300 g/mol. The molecule has 17 heavy (non-hydrogen) atoms. The normalized spacial score (nSPS) is 13.9. The lowest BCUT2D eigenvalue weighted by Crippen LogP contribution is -2.19. The van der Waals surface area contributed by atoms with Crippen LogP contribution >= 0.6 is 35.0 Å². The van der Waals surface area contributed by atoms with Gasteiger partial charge in [0.25, 0.3) is 0 Å². The standard InChI is InChI=1S/C8H11Cl2N3O3S/c9-7(10)6(17-4-3-14)5(13(15)16)8-11-1-2-12-8/h11-12,14H,1-4H2. The molecule has 0 aromatic rings. The van der Waals surface area contributed by atoms with Crippen LogP contribution in [0.1, 0.15) is 0 Å². The van der Waals surface area contributed by atoms with Gasteiger partial charge in [0.15, 0.2) is 5.82 Å². The number of nitrogens with zero attached hydrogens (tertiary/aromatic N) is 1. The molecule has 1 saturated heterocycles. The van der Waals surface area contributed by atoms with E-state index >= 15 is 0 Å². The molecule has 0 aromatic heterocycles. The van der Waals surface area contributed by atoms with Gasteiger partial charge in [0, 0.05) is 18.8 Å². The van der Waals surface area contributed by atoms with Crippen LogP contribution < -0.4 is 10.6 Å². The van der Waals surface area contributed by atoms with Crippen LogP contribution in [0.25, 0.3) is 0 Å². The number of aliphatic hydroxyl groups is 1. The number of nitro groups is 1. The van der Waals surface area contributed by atoms with E-state index in [1.165, 1.54) is 0 Å². The summed E-state index contributed by atoms with van der Waals surface area (Å²) >= 11 is 12.3. The van der Waals surface area contributed by atoms with E-state index in [4.69, 9.17) is 28.3 Å². The van der Waals surface area contributed by atoms with Crippen LogP contribution in [0.5, 0.6) is 0 Å². The molecular formula is C8H11Cl2N3O3S. The maximum Gasteiger partial charge on any atom is 0.324 e. The molecule has 1 fully saturated rings. The lowest BCUT2D eigenvalue weighted by molar-refractivity contribution is -0.421. The van der Waals surface area contributed by atoms with Crippen molar-refractivity contribution in [1.82, 2.24) is 10.6 Å². The fraction of sp³-hybridized carbons (Fsp3) is 0.500. The molecule has 3 N–H and O–H groups in total. The van der Waals surface area contributed by atoms with Crippen molar-refractivity contribution in [3.8, 4) is 0 Å². The Morgan fingerprint density at radius 3 is 2.47 bits per heavy atom. The molecule has 0 aromatic carbocycles. The smallest absolute Gasteiger partial charge is 0.324 e. The fourth-order valence-corrected chi connectivity index (χ4v) is 2.48. The Morgan fingerprint density at radius 1 is 1.47 bits per heavy atom. The highest BCUT2D eigenvalue weighted by Crippen LogP contribution is 2.32. The van der Waals surface area contributed by atoms with Gasteiger partial charge in [-0.05, 0) is 0 Å². The summed E-state index contributed by atoms with van der Waals surface area (Å²) in [6.07, 6.45) is 0. The first kappa shape index (κ1) is 14.4. The molecule has 1 aliphatic heterocycles. The van der Waals surface area contributed by atoms with Crippen molar-refractivity contribution in [1.29, 1.82) is 0 Å². The molecule has 1 heterocycles. The third-order valence-corrected chi connectivity index (χ3v) is 3.55. The third-order valence-electron chi connectivity index (χ3n) is 1.87. The molecule has 1 aliphatic rings. The molecule has 0 radical (unpaired) electrons. The number of halogens is 2. The summed E-state index contributed by atoms with van der Waals surface area (Å²) in [5.74, 6) is 0.581. The molecule has 6 nitrogen and oxygen atoms in total. The van der Waals surface area contributed by atoms with Crippen molar-refractivity contribution in [2.45, 2.75) is 0 Å². The number of aliphatic hydroxyl groups excluding tert-OH is 1. The average Bonchev–Trinajstić information content (AvgIpc) is 2.76. The van der Waals surface area contributed by atoms with Crippen molar-refractivity contribution in [2.75, 3.05) is 25.4 Å². The molecule has 9 heteroatoms. The van der Waals surface area contributed by atoms with E-state index in [2.05, 4.69) is 10.6 Å². The minimum Gasteiger partial charge on any atom is -0.396 e. The monoisotopic (exact) mass is 299 g/mol. The van der Waals surface area contributed by atoms with Crippen LogP contribution in [0.2, 0.25) is 0 Å². The number of thioether (sulfide) groups is 1. The zero-order valence-electron chi connectivity index (χ0n) is 8.70. The Balaban J connectivity index is 3.07. The highest BCUT2D eigenvalue weighted by molar-refractivity contribution is 8.03. The fourth-order valence-electron chi connectivity index (χ4n) is 1.25. The van der Waals surface area contributed by atoms with Crippen LogP contribution in [-0.2, 0) is 0 Å². The summed E-state index contributed by atoms with van der Waals surface area (Å²) in [5, 5.41) is 25.5. The first-order chi connectivity index (χ1) is 8.07. The van der Waals surface area contributed by atoms with E-state index in [0.29, 0.717) is 18.9 Å². The van der Waals surface area contributed by atoms with E-state index in [9.17, 15) is 10.1 Å². The van der Waals surface area contributed by atoms with E-state index in [1.54, 1.807) is 0 Å². The zero-order valence-corrected chi connectivity index (χ0v) is 11.0. The van der Waals surface area contributed by atoms with Gasteiger partial charge in [-0.2, -0.15) is 0 Å². The second-order valence-corrected chi connectivity index (χ2v) is 5.05. The Bertz CT molecular complexity index is 361. The van der Waals surface area contributed by atoms with Crippen LogP contribution in [0.3, 0.4) is 0 Å². The second-order valence-electron chi connectivity index (χ2n) is 3.00. The molecular weight excluding hydrogens is 289 g/mol. The summed E-state index contributed by atoms with van der Waals surface area (Å²) in [5.41, 5.74) is -0.194. The van der Waals surface area contributed by atoms with E-state index in [0.717, 1.165) is 11.8 Å². The molecule has 96 valence electrons. The molecule has 0 bridgehead atoms. The van der Waals surface area contributed by atoms with Gasteiger partial charge in [-0.25, -0.2) is 0 Å². The Kier molecular flexibility index (Phi) is 5.90. The predicted molar refractivity (Wildman–Crippen MR) is 68.3 cm³/mol. The van der Waals surface area contributed by atoms with Crippen LogP contribution in [0.15, 0.2) is 20.9 Å². The van der Waals surface area contributed by atoms with E-state index in [1.807, 2.05) is 0 Å². The minimum absolute atomic E-state index is 0.115. The lowest BCUT2D eigenvalue weighted by atomic mass is 10.4. The van der Waals surface area contributed by atoms with Crippen LogP contribution in [0, 0.1) is 10.1 Å². The molecule has 0 saturated carbocycles. The van der Waals surface area contributed by atoms with Crippen LogP contribution in [-0.4, -0.2) is 35.5 Å². The topological polar surface area (TPSA) is 87.4 Å². The van der Waals surface area contributed by atoms with E-state index in [-0.39, 0.29) is 27.5 Å². The summed E-state index contributed by atoms with van der Waals surface area (Å²) < 4.78 is -0.182. The molecule has 0 aliphatic carbocycles. The Morgan fingerprint density at radius 2 is 2.06 bits per heavy atom. The van der Waals surface area contributed by atoms with Crippen molar-refractivity contribution in [3.05, 3.63) is 31.0 Å². The van der Waals surface area contributed by atoms with Gasteiger partial charge >= 0.3 is 5.70 Å². The first-order valence-corrected chi connectivity index (χ1v) is 6.47. The minimum atomic E-state index is -0.550. The lowest BCUT2D eigenvalue weighted by Gasteiger charge is -2.07. The van der Waals surface area contributed by atoms with Gasteiger partial charge < -0.3 is 15.7 Å². The second kappa shape index (κ2) is 6.95. The summed E-state index contributed by atoms with van der Waals surface area (Å²) in [6, 6.07) is 0. The van der Waals surface area contributed by atoms with Crippen LogP contribution in [0.4, 0.5) is 0 Å². The van der Waals surface area contributed by atoms with Crippen molar-refractivity contribution >= 4 is 35.0 Å². The van der Waals surface area contributed by atoms with Gasteiger partial charge in [-0.1, -0.05) is 23.2 Å². The molecule has 0 spiro atoms. The molecule has 0 amide bonds. The quantitative estimate of drug-likeness (QED) is 0.518. The predicted octanol–water partition coefficient (Wildman–Crippen LogP) is 0.997. The maximum atomic E-state index is 11.0. The van der Waals surface area contributed by atoms with Gasteiger partial charge in [0.1, 0.15) is 9.40 Å². The summed E-state index contributed by atoms with van der Waals surface area (Å²) in [7, 11) is 0. The van der Waals surface area contributed by atoms with Gasteiger partial charge in [-0.3, -0.25) is 10.1 Å². The van der Waals surface area contributed by atoms with Gasteiger partial charge in [0.2, 0.25) is 0 Å². The van der Waals surface area contributed by atoms with Gasteiger partial charge in [0.05, 0.1) is 11.5 Å². The number of nitrogens with one attached hydrogen (secondary N) is 2. The van der Waals surface area contributed by atoms with Crippen molar-refractivity contribution < 1.29 is 10.0 Å². The van der Waals surface area contributed by atoms with Gasteiger partial charge in [-0.15, -0.1) is 11.8 Å². The third kappa shape index (κ3) is 3.95. The van der Waals surface area contributed by atoms with E-state index < -0.39 is 4.92 Å². The number of rotatable bonds is 5. The zero-order chi connectivity index (χ0) is 12.8. The van der Waals surface area contributed by atoms with Crippen molar-refractivity contribution in [2.24, 2.45) is 0 Å². The maximum absolute atomic E-state index is 11.0. The Labute approximate surface area is 112 Å². The molecule has 1 rings (SSSR count). The molecule has 0 unspecified atom stereocenters. The highest BCUT2D eigenvalue weighted by Gasteiger charge is 2.28.